The third-order valence-corrected chi connectivity index (χ3v) is 12.4. The number of allylic oxidation sites excluding steroid dienone is 4. The molecule has 0 aromatic heterocycles. The van der Waals surface area contributed by atoms with Crippen LogP contribution in [-0.2, 0) is 41.5 Å². The fraction of sp³-hybridized carbons (Fsp3) is 0.431. The first-order valence-corrected chi connectivity index (χ1v) is 21.4. The molecule has 0 radical (unpaired) electrons. The van der Waals surface area contributed by atoms with Crippen molar-refractivity contribution in [3.05, 3.63) is 131 Å². The van der Waals surface area contributed by atoms with Crippen LogP contribution in [0.3, 0.4) is 0 Å². The van der Waals surface area contributed by atoms with Crippen LogP contribution in [0.2, 0.25) is 0 Å². The van der Waals surface area contributed by atoms with Gasteiger partial charge in [0.05, 0.1) is 0 Å². The van der Waals surface area contributed by atoms with Crippen molar-refractivity contribution in [1.82, 2.24) is 0 Å². The van der Waals surface area contributed by atoms with E-state index in [1.807, 2.05) is 15.4 Å². The van der Waals surface area contributed by atoms with Crippen LogP contribution in [0.4, 0.5) is 0 Å². The van der Waals surface area contributed by atoms with Gasteiger partial charge >= 0.3 is 103 Å². The summed E-state index contributed by atoms with van der Waals surface area (Å²) >= 11 is 1.74. The molecule has 8 rings (SSSR count). The van der Waals surface area contributed by atoms with Crippen LogP contribution < -0.4 is 24.8 Å². The van der Waals surface area contributed by atoms with Crippen molar-refractivity contribution < 1.29 is 49.0 Å². The van der Waals surface area contributed by atoms with Crippen molar-refractivity contribution in [1.29, 1.82) is 0 Å². The summed E-state index contributed by atoms with van der Waals surface area (Å²) in [6.45, 7) is 13.9. The molecule has 4 aromatic carbocycles. The molecule has 0 amide bonds. The minimum atomic E-state index is 0. The van der Waals surface area contributed by atoms with Gasteiger partial charge in [-0.2, -0.15) is 6.08 Å². The van der Waals surface area contributed by atoms with E-state index in [-0.39, 0.29) is 35.6 Å². The Hall–Kier alpha value is -2.31. The van der Waals surface area contributed by atoms with Crippen LogP contribution in [0.1, 0.15) is 134 Å². The fourth-order valence-electron chi connectivity index (χ4n) is 8.65. The normalized spacial score (nSPS) is 16.0. The van der Waals surface area contributed by atoms with Crippen molar-refractivity contribution in [3.8, 4) is 33.4 Å². The first-order chi connectivity index (χ1) is 25.0. The quantitative estimate of drug-likeness (QED) is 0.152. The van der Waals surface area contributed by atoms with E-state index >= 15 is 0 Å². The topological polar surface area (TPSA) is 0 Å². The molecule has 4 aliphatic rings. The predicted molar refractivity (Wildman–Crippen MR) is 222 cm³/mol. The molecule has 3 heteroatoms. The summed E-state index contributed by atoms with van der Waals surface area (Å²) in [5.74, 6) is 2.18. The zero-order valence-electron chi connectivity index (χ0n) is 33.6. The van der Waals surface area contributed by atoms with Crippen molar-refractivity contribution in [3.63, 3.8) is 0 Å². The molecule has 0 saturated heterocycles. The van der Waals surface area contributed by atoms with Crippen molar-refractivity contribution >= 4 is 3.21 Å². The first kappa shape index (κ1) is 44.4. The van der Waals surface area contributed by atoms with Crippen LogP contribution in [0, 0.1) is 24.0 Å². The standard InChI is InChI=1S/C33H33.C13H22.C5H5.2ClH.Zr/c1-32(2,3)30-20-26-24(18-28(30)22-13-9-7-10-14-22)17-25-19-29(23-15-11-8-12-16-23)31(21-27(25)26)33(4,5)6;1-2-7-12(6-1)10-5-11-13-8-3-4-9-13;1-2-4-5-3-1;;;/h7-16,18,20-21H,17H2,1-6H3;12-13H,1-4,6-11H2;1-3H,4H2;2*1H;/q-1;;-1;;;+2/p-2. The summed E-state index contributed by atoms with van der Waals surface area (Å²) in [6.07, 6.45) is 26.1. The van der Waals surface area contributed by atoms with Gasteiger partial charge in [0.25, 0.3) is 0 Å². The Bertz CT molecular complexity index is 1720. The molecule has 0 N–H and O–H groups in total. The summed E-state index contributed by atoms with van der Waals surface area (Å²) in [6, 6.07) is 32.8. The molecule has 0 aliphatic heterocycles. The molecule has 4 aliphatic carbocycles. The van der Waals surface area contributed by atoms with Gasteiger partial charge in [0.15, 0.2) is 0 Å². The SMILES string of the molecule is CC(C)(C)c1cc2c([c-]c1-c1ccccc1)Cc1cc(-c3ccccc3)c(C(C)(C)C)cc1-2.[C-]1=CC=CC1.[Cl-].[Cl-].[Zr+2]=[C](CC1CCCC1)CC1CCCC1. The van der Waals surface area contributed by atoms with E-state index in [9.17, 15) is 0 Å². The molecular formula is C51H60Cl2Zr-2. The summed E-state index contributed by atoms with van der Waals surface area (Å²) in [4.78, 5) is 0. The molecule has 2 fully saturated rings. The van der Waals surface area contributed by atoms with Crippen LogP contribution in [0.5, 0.6) is 0 Å². The number of halogens is 2. The number of hydrogen-bond acceptors (Lipinski definition) is 0. The van der Waals surface area contributed by atoms with Gasteiger partial charge in [-0.25, -0.2) is 12.2 Å². The van der Waals surface area contributed by atoms with Crippen molar-refractivity contribution in [2.24, 2.45) is 11.8 Å². The molecule has 0 heterocycles. The number of rotatable bonds is 6. The van der Waals surface area contributed by atoms with E-state index in [4.69, 9.17) is 0 Å². The summed E-state index contributed by atoms with van der Waals surface area (Å²) < 4.78 is 1.90. The molecule has 284 valence electrons. The summed E-state index contributed by atoms with van der Waals surface area (Å²) in [5, 5.41) is 0. The van der Waals surface area contributed by atoms with Gasteiger partial charge in [-0.1, -0.05) is 131 Å². The Morgan fingerprint density at radius 2 is 1.17 bits per heavy atom. The van der Waals surface area contributed by atoms with E-state index in [1.54, 1.807) is 24.2 Å². The third kappa shape index (κ3) is 11.6. The molecule has 0 atom stereocenters. The van der Waals surface area contributed by atoms with Crippen LogP contribution in [0.25, 0.3) is 33.4 Å². The third-order valence-electron chi connectivity index (χ3n) is 11.4. The first-order valence-electron chi connectivity index (χ1n) is 20.1. The average Bonchev–Trinajstić information content (AvgIpc) is 3.97. The number of benzene rings is 4. The van der Waals surface area contributed by atoms with Crippen molar-refractivity contribution in [2.75, 3.05) is 0 Å². The van der Waals surface area contributed by atoms with Crippen LogP contribution in [0.15, 0.2) is 97.1 Å². The van der Waals surface area contributed by atoms with Gasteiger partial charge in [0.2, 0.25) is 0 Å². The van der Waals surface area contributed by atoms with E-state index < -0.39 is 0 Å². The van der Waals surface area contributed by atoms with Gasteiger partial charge in [-0.05, 0) is 39.5 Å². The van der Waals surface area contributed by atoms with E-state index in [0.717, 1.165) is 24.7 Å². The Labute approximate surface area is 355 Å². The molecule has 0 unspecified atom stereocenters. The van der Waals surface area contributed by atoms with E-state index in [0.29, 0.717) is 0 Å². The maximum absolute atomic E-state index is 3.88. The maximum atomic E-state index is 3.88. The van der Waals surface area contributed by atoms with Gasteiger partial charge in [0, 0.05) is 0 Å². The Morgan fingerprint density at radius 1 is 0.648 bits per heavy atom. The zero-order chi connectivity index (χ0) is 36.7. The van der Waals surface area contributed by atoms with E-state index in [1.165, 1.54) is 120 Å². The molecule has 54 heavy (non-hydrogen) atoms. The van der Waals surface area contributed by atoms with Gasteiger partial charge < -0.3 is 24.8 Å². The predicted octanol–water partition coefficient (Wildman–Crippen LogP) is 8.17. The molecule has 0 bridgehead atoms. The molecular weight excluding hydrogens is 775 g/mol. The zero-order valence-corrected chi connectivity index (χ0v) is 37.6. The monoisotopic (exact) mass is 832 g/mol. The molecule has 0 spiro atoms. The molecule has 4 aromatic rings. The average molecular weight is 835 g/mol. The summed E-state index contributed by atoms with van der Waals surface area (Å²) in [5.41, 5.74) is 13.5. The van der Waals surface area contributed by atoms with Gasteiger partial charge in [-0.3, -0.25) is 6.08 Å². The van der Waals surface area contributed by atoms with Crippen molar-refractivity contribution in [2.45, 2.75) is 129 Å². The van der Waals surface area contributed by atoms with Crippen LogP contribution >= 0.6 is 0 Å². The Kier molecular flexibility index (Phi) is 16.6. The van der Waals surface area contributed by atoms with Crippen LogP contribution in [-0.4, -0.2) is 3.21 Å². The minimum absolute atomic E-state index is 0. The van der Waals surface area contributed by atoms with Gasteiger partial charge in [0.1, 0.15) is 0 Å². The van der Waals surface area contributed by atoms with Gasteiger partial charge in [-0.15, -0.1) is 35.2 Å². The Balaban J connectivity index is 0.000000255. The second-order valence-electron chi connectivity index (χ2n) is 17.7. The van der Waals surface area contributed by atoms with E-state index in [2.05, 4.69) is 139 Å². The molecule has 2 saturated carbocycles. The Morgan fingerprint density at radius 3 is 1.63 bits per heavy atom. The number of hydrogen-bond donors (Lipinski definition) is 0. The second-order valence-corrected chi connectivity index (χ2v) is 19.5. The fourth-order valence-corrected chi connectivity index (χ4v) is 10.1. The summed E-state index contributed by atoms with van der Waals surface area (Å²) in [7, 11) is 0. The second kappa shape index (κ2) is 20.2. The molecule has 0 nitrogen and oxygen atoms in total. The number of fused-ring (bicyclic) bond motifs is 3.